The fourth-order valence-corrected chi connectivity index (χ4v) is 4.99. The molecule has 1 amide bonds. The molecule has 3 aliphatic heterocycles. The second-order valence-electron chi connectivity index (χ2n) is 11.1. The average Bonchev–Trinajstić information content (AvgIpc) is 3.37. The number of hydrogen-bond donors (Lipinski definition) is 3. The molecule has 0 atom stereocenters. The number of benzene rings is 2. The van der Waals surface area contributed by atoms with Crippen molar-refractivity contribution >= 4 is 17.5 Å². The number of hydrazine groups is 2. The summed E-state index contributed by atoms with van der Waals surface area (Å²) in [5, 5.41) is 6.31. The molecule has 0 aliphatic carbocycles. The number of piperidine rings is 1. The Morgan fingerprint density at radius 1 is 1.08 bits per heavy atom. The summed E-state index contributed by atoms with van der Waals surface area (Å²) in [7, 11) is 0. The number of hydrogen-bond acceptors (Lipinski definition) is 8. The van der Waals surface area contributed by atoms with Gasteiger partial charge in [0.1, 0.15) is 17.0 Å². The van der Waals surface area contributed by atoms with Gasteiger partial charge in [0.2, 0.25) is 0 Å². The highest BCUT2D eigenvalue weighted by Crippen LogP contribution is 2.43. The lowest BCUT2D eigenvalue weighted by Gasteiger charge is -2.43. The standard InChI is InChI=1S/C29H38N6O3/c1-28(2,3)38-27(36)34-18-14-29(15-19-34)20-24(23-8-4-5-9-25(23)37-29)21-10-12-22(13-11-21)26-31-33-35(32-26)17-7-6-16-30/h4-5,8-13,20,33H,6-7,14-19,30H2,1-3H3,(H,31,32). The van der Waals surface area contributed by atoms with Gasteiger partial charge in [0.25, 0.3) is 0 Å². The molecule has 38 heavy (non-hydrogen) atoms. The number of amidine groups is 1. The normalized spacial score (nSPS) is 18.6. The van der Waals surface area contributed by atoms with E-state index in [1.165, 1.54) is 0 Å². The summed E-state index contributed by atoms with van der Waals surface area (Å²) in [4.78, 5) is 14.4. The van der Waals surface area contributed by atoms with Crippen molar-refractivity contribution in [1.29, 1.82) is 0 Å². The van der Waals surface area contributed by atoms with Crippen LogP contribution in [0.25, 0.3) is 5.57 Å². The van der Waals surface area contributed by atoms with E-state index >= 15 is 0 Å². The Morgan fingerprint density at radius 2 is 1.79 bits per heavy atom. The van der Waals surface area contributed by atoms with Crippen LogP contribution in [0.4, 0.5) is 4.79 Å². The Labute approximate surface area is 224 Å². The van der Waals surface area contributed by atoms with Gasteiger partial charge >= 0.3 is 6.09 Å². The topological polar surface area (TPSA) is 104 Å². The molecule has 0 radical (unpaired) electrons. The summed E-state index contributed by atoms with van der Waals surface area (Å²) in [6.07, 6.45) is 5.36. The van der Waals surface area contributed by atoms with Gasteiger partial charge in [0.15, 0.2) is 5.84 Å². The van der Waals surface area contributed by atoms with E-state index in [0.29, 0.717) is 32.5 Å². The second-order valence-corrected chi connectivity index (χ2v) is 11.1. The highest BCUT2D eigenvalue weighted by atomic mass is 16.6. The smallest absolute Gasteiger partial charge is 0.410 e. The molecule has 4 N–H and O–H groups in total. The van der Waals surface area contributed by atoms with Gasteiger partial charge in [-0.25, -0.2) is 10.3 Å². The number of fused-ring (bicyclic) bond motifs is 1. The predicted molar refractivity (Wildman–Crippen MR) is 148 cm³/mol. The molecule has 0 aromatic heterocycles. The van der Waals surface area contributed by atoms with Gasteiger partial charge in [-0.3, -0.25) is 5.43 Å². The molecular formula is C29H38N6O3. The Balaban J connectivity index is 1.33. The summed E-state index contributed by atoms with van der Waals surface area (Å²) >= 11 is 0. The number of nitrogens with one attached hydrogen (secondary N) is 2. The molecule has 9 heteroatoms. The zero-order chi connectivity index (χ0) is 26.8. The summed E-state index contributed by atoms with van der Waals surface area (Å²) < 4.78 is 12.2. The van der Waals surface area contributed by atoms with E-state index in [0.717, 1.165) is 53.2 Å². The first-order valence-electron chi connectivity index (χ1n) is 13.4. The molecule has 202 valence electrons. The number of nitrogens with two attached hydrogens (primary N) is 1. The van der Waals surface area contributed by atoms with Gasteiger partial charge in [-0.15, -0.1) is 10.2 Å². The molecule has 2 aromatic carbocycles. The molecule has 1 spiro atoms. The minimum Gasteiger partial charge on any atom is -0.482 e. The minimum absolute atomic E-state index is 0.265. The third-order valence-electron chi connectivity index (χ3n) is 6.99. The molecule has 1 fully saturated rings. The maximum atomic E-state index is 12.6. The van der Waals surface area contributed by atoms with Crippen molar-refractivity contribution < 1.29 is 14.3 Å². The van der Waals surface area contributed by atoms with Gasteiger partial charge in [0.05, 0.1) is 0 Å². The Kier molecular flexibility index (Phi) is 7.32. The number of nitrogens with zero attached hydrogens (tertiary/aromatic N) is 3. The summed E-state index contributed by atoms with van der Waals surface area (Å²) in [6.45, 7) is 8.35. The lowest BCUT2D eigenvalue weighted by atomic mass is 9.83. The number of likely N-dealkylation sites (tertiary alicyclic amines) is 1. The van der Waals surface area contributed by atoms with Crippen molar-refractivity contribution in [1.82, 2.24) is 21.0 Å². The lowest BCUT2D eigenvalue weighted by molar-refractivity contribution is -0.00115. The number of hydrazone groups is 1. The maximum Gasteiger partial charge on any atom is 0.410 e. The average molecular weight is 519 g/mol. The van der Waals surface area contributed by atoms with Gasteiger partial charge < -0.3 is 20.1 Å². The van der Waals surface area contributed by atoms with Gasteiger partial charge in [-0.1, -0.05) is 42.5 Å². The van der Waals surface area contributed by atoms with Crippen molar-refractivity contribution in [3.05, 3.63) is 71.3 Å². The SMILES string of the molecule is CC(C)(C)OC(=O)N1CCC2(C=C(c3ccc(C4=NNN(CCCCN)N4)cc3)c3ccccc3O2)CC1. The number of amides is 1. The van der Waals surface area contributed by atoms with Crippen molar-refractivity contribution in [2.24, 2.45) is 10.8 Å². The first-order chi connectivity index (χ1) is 18.3. The van der Waals surface area contributed by atoms with E-state index in [4.69, 9.17) is 15.2 Å². The summed E-state index contributed by atoms with van der Waals surface area (Å²) in [5.41, 5.74) is 15.3. The molecule has 1 saturated heterocycles. The molecule has 0 saturated carbocycles. The van der Waals surface area contributed by atoms with Gasteiger partial charge in [-0.2, -0.15) is 0 Å². The van der Waals surface area contributed by atoms with Crippen LogP contribution in [0.3, 0.4) is 0 Å². The van der Waals surface area contributed by atoms with E-state index in [9.17, 15) is 4.79 Å². The quantitative estimate of drug-likeness (QED) is 0.497. The van der Waals surface area contributed by atoms with E-state index in [-0.39, 0.29) is 6.09 Å². The molecule has 5 rings (SSSR count). The van der Waals surface area contributed by atoms with Crippen LogP contribution in [-0.2, 0) is 4.74 Å². The summed E-state index contributed by atoms with van der Waals surface area (Å²) in [6, 6.07) is 16.6. The van der Waals surface area contributed by atoms with Crippen molar-refractivity contribution in [3.8, 4) is 5.75 Å². The van der Waals surface area contributed by atoms with Crippen LogP contribution in [-0.4, -0.2) is 59.3 Å². The summed E-state index contributed by atoms with van der Waals surface area (Å²) in [5.74, 6) is 1.66. The van der Waals surface area contributed by atoms with Gasteiger partial charge in [0, 0.05) is 43.6 Å². The first-order valence-corrected chi connectivity index (χ1v) is 13.4. The first kappa shape index (κ1) is 26.1. The lowest BCUT2D eigenvalue weighted by Crippen LogP contribution is -2.50. The van der Waals surface area contributed by atoms with E-state index in [2.05, 4.69) is 52.5 Å². The fraction of sp³-hybridized carbons (Fsp3) is 0.448. The molecule has 2 aromatic rings. The van der Waals surface area contributed by atoms with Gasteiger partial charge in [-0.05, 0) is 63.4 Å². The highest BCUT2D eigenvalue weighted by Gasteiger charge is 2.40. The number of rotatable bonds is 6. The van der Waals surface area contributed by atoms with Crippen LogP contribution in [0.2, 0.25) is 0 Å². The number of unbranched alkanes of at least 4 members (excludes halogenated alkanes) is 1. The molecule has 9 nitrogen and oxygen atoms in total. The molecule has 0 unspecified atom stereocenters. The predicted octanol–water partition coefficient (Wildman–Crippen LogP) is 4.01. The van der Waals surface area contributed by atoms with E-state index < -0.39 is 11.2 Å². The van der Waals surface area contributed by atoms with Crippen molar-refractivity contribution in [2.45, 2.75) is 57.7 Å². The minimum atomic E-state index is -0.510. The second kappa shape index (κ2) is 10.7. The molecule has 3 heterocycles. The molecule has 3 aliphatic rings. The van der Waals surface area contributed by atoms with Crippen LogP contribution >= 0.6 is 0 Å². The van der Waals surface area contributed by atoms with Crippen LogP contribution in [0.1, 0.15) is 63.1 Å². The van der Waals surface area contributed by atoms with Crippen LogP contribution < -0.4 is 21.4 Å². The third kappa shape index (κ3) is 5.79. The van der Waals surface area contributed by atoms with Crippen LogP contribution in [0, 0.1) is 0 Å². The maximum absolute atomic E-state index is 12.6. The highest BCUT2D eigenvalue weighted by molar-refractivity contribution is 5.99. The van der Waals surface area contributed by atoms with Crippen molar-refractivity contribution in [2.75, 3.05) is 26.2 Å². The Morgan fingerprint density at radius 3 is 2.50 bits per heavy atom. The van der Waals surface area contributed by atoms with Crippen molar-refractivity contribution in [3.63, 3.8) is 0 Å². The number of carbonyl (C=O) groups excluding carboxylic acids is 1. The third-order valence-corrected chi connectivity index (χ3v) is 6.99. The number of carbonyl (C=O) groups is 1. The number of ether oxygens (including phenoxy) is 2. The Bertz CT molecular complexity index is 1210. The van der Waals surface area contributed by atoms with E-state index in [1.807, 2.05) is 44.1 Å². The number of para-hydroxylation sites is 1. The zero-order valence-corrected chi connectivity index (χ0v) is 22.5. The monoisotopic (exact) mass is 518 g/mol. The fourth-order valence-electron chi connectivity index (χ4n) is 4.99. The zero-order valence-electron chi connectivity index (χ0n) is 22.5. The largest absolute Gasteiger partial charge is 0.482 e. The Hall–Kier alpha value is -3.56. The van der Waals surface area contributed by atoms with Crippen LogP contribution in [0.15, 0.2) is 59.7 Å². The van der Waals surface area contributed by atoms with E-state index in [1.54, 1.807) is 4.90 Å². The molecular weight excluding hydrogens is 480 g/mol. The molecule has 0 bridgehead atoms. The van der Waals surface area contributed by atoms with Crippen LogP contribution in [0.5, 0.6) is 5.75 Å².